The molecule has 26 heavy (non-hydrogen) atoms. The zero-order valence-electron chi connectivity index (χ0n) is 13.8. The summed E-state index contributed by atoms with van der Waals surface area (Å²) in [6.45, 7) is 0. The molecule has 0 aliphatic carbocycles. The minimum Gasteiger partial charge on any atom is -0.497 e. The summed E-state index contributed by atoms with van der Waals surface area (Å²) in [6, 6.07) is 12.3. The fraction of sp³-hybridized carbons (Fsp3) is 0.105. The minimum atomic E-state index is -0.381. The molecule has 7 heteroatoms. The second-order valence-corrected chi connectivity index (χ2v) is 5.54. The van der Waals surface area contributed by atoms with Crippen molar-refractivity contribution in [2.45, 2.75) is 6.42 Å². The molecule has 0 N–H and O–H groups in total. The van der Waals surface area contributed by atoms with E-state index in [0.29, 0.717) is 23.0 Å². The van der Waals surface area contributed by atoms with Crippen molar-refractivity contribution in [3.63, 3.8) is 0 Å². The average molecular weight is 350 g/mol. The first-order valence-electron chi connectivity index (χ1n) is 7.84. The summed E-state index contributed by atoms with van der Waals surface area (Å²) in [6.07, 6.45) is 2.92. The maximum atomic E-state index is 12.2. The fourth-order valence-corrected chi connectivity index (χ4v) is 2.61. The van der Waals surface area contributed by atoms with E-state index in [1.165, 1.54) is 6.39 Å². The van der Waals surface area contributed by atoms with Crippen LogP contribution in [0.2, 0.25) is 0 Å². The van der Waals surface area contributed by atoms with Crippen molar-refractivity contribution < 1.29 is 23.1 Å². The van der Waals surface area contributed by atoms with E-state index in [1.54, 1.807) is 43.7 Å². The molecule has 0 fully saturated rings. The van der Waals surface area contributed by atoms with Gasteiger partial charge in [-0.1, -0.05) is 0 Å². The van der Waals surface area contributed by atoms with E-state index in [4.69, 9.17) is 18.3 Å². The molecule has 4 aromatic rings. The molecule has 130 valence electrons. The minimum absolute atomic E-state index is 0.102. The van der Waals surface area contributed by atoms with Crippen molar-refractivity contribution in [3.8, 4) is 23.0 Å². The van der Waals surface area contributed by atoms with Gasteiger partial charge in [0.2, 0.25) is 12.3 Å². The van der Waals surface area contributed by atoms with Crippen LogP contribution in [0.4, 0.5) is 0 Å². The van der Waals surface area contributed by atoms with Crippen LogP contribution >= 0.6 is 0 Å². The monoisotopic (exact) mass is 350 g/mol. The summed E-state index contributed by atoms with van der Waals surface area (Å²) in [5.74, 6) is 1.16. The lowest BCUT2D eigenvalue weighted by Gasteiger charge is -2.04. The molecule has 2 aromatic heterocycles. The number of carbonyl (C=O) groups excluding carboxylic acids is 1. The van der Waals surface area contributed by atoms with Crippen molar-refractivity contribution in [3.05, 3.63) is 60.7 Å². The molecule has 0 saturated heterocycles. The number of methoxy groups -OCH3 is 1. The summed E-state index contributed by atoms with van der Waals surface area (Å²) >= 11 is 0. The molecule has 7 nitrogen and oxygen atoms in total. The largest absolute Gasteiger partial charge is 0.497 e. The summed E-state index contributed by atoms with van der Waals surface area (Å²) in [4.78, 5) is 12.2. The van der Waals surface area contributed by atoms with Crippen molar-refractivity contribution in [2.75, 3.05) is 7.11 Å². The van der Waals surface area contributed by atoms with Crippen LogP contribution in [0.15, 0.2) is 64.0 Å². The molecule has 4 rings (SSSR count). The Kier molecular flexibility index (Phi) is 4.10. The lowest BCUT2D eigenvalue weighted by Crippen LogP contribution is -2.10. The number of hydrogen-bond acceptors (Lipinski definition) is 7. The van der Waals surface area contributed by atoms with Gasteiger partial charge in [-0.3, -0.25) is 4.79 Å². The summed E-state index contributed by atoms with van der Waals surface area (Å²) in [7, 11) is 1.59. The zero-order valence-corrected chi connectivity index (χ0v) is 13.8. The number of aromatic nitrogens is 2. The second-order valence-electron chi connectivity index (χ2n) is 5.54. The third-order valence-corrected chi connectivity index (χ3v) is 3.89. The van der Waals surface area contributed by atoms with Gasteiger partial charge in [0.05, 0.1) is 19.8 Å². The Labute approximate surface area is 148 Å². The predicted octanol–water partition coefficient (Wildman–Crippen LogP) is 3.64. The number of nitrogens with zero attached hydrogens (tertiary/aromatic N) is 2. The number of rotatable bonds is 5. The molecule has 0 aliphatic rings. The summed E-state index contributed by atoms with van der Waals surface area (Å²) < 4.78 is 21.2. The maximum absolute atomic E-state index is 12.2. The molecule has 0 bridgehead atoms. The molecular formula is C19H14N2O5. The highest BCUT2D eigenvalue weighted by Crippen LogP contribution is 2.26. The number of carbonyl (C=O) groups is 1. The smallest absolute Gasteiger partial charge is 0.315 e. The first-order chi connectivity index (χ1) is 12.7. The molecule has 0 amide bonds. The lowest BCUT2D eigenvalue weighted by molar-refractivity contribution is -0.133. The van der Waals surface area contributed by atoms with Gasteiger partial charge in [-0.05, 0) is 36.4 Å². The molecular weight excluding hydrogens is 336 g/mol. The molecule has 0 radical (unpaired) electrons. The van der Waals surface area contributed by atoms with Crippen molar-refractivity contribution in [1.82, 2.24) is 10.2 Å². The van der Waals surface area contributed by atoms with Crippen LogP contribution in [0.5, 0.6) is 11.5 Å². The number of ether oxygens (including phenoxy) is 2. The Morgan fingerprint density at radius 2 is 1.88 bits per heavy atom. The quantitative estimate of drug-likeness (QED) is 0.401. The molecule has 0 unspecified atom stereocenters. The fourth-order valence-electron chi connectivity index (χ4n) is 2.61. The van der Waals surface area contributed by atoms with Gasteiger partial charge in [0.1, 0.15) is 17.1 Å². The Hall–Kier alpha value is -3.61. The van der Waals surface area contributed by atoms with Gasteiger partial charge < -0.3 is 18.3 Å². The van der Waals surface area contributed by atoms with Crippen LogP contribution in [-0.4, -0.2) is 23.3 Å². The lowest BCUT2D eigenvalue weighted by atomic mass is 10.1. The van der Waals surface area contributed by atoms with Crippen molar-refractivity contribution >= 4 is 16.9 Å². The number of fused-ring (bicyclic) bond motifs is 1. The Morgan fingerprint density at radius 3 is 2.62 bits per heavy atom. The van der Waals surface area contributed by atoms with Crippen LogP contribution in [0, 0.1) is 0 Å². The second kappa shape index (κ2) is 6.72. The molecule has 0 saturated carbocycles. The number of esters is 1. The third-order valence-electron chi connectivity index (χ3n) is 3.89. The van der Waals surface area contributed by atoms with Crippen LogP contribution in [0.25, 0.3) is 22.4 Å². The molecule has 0 atom stereocenters. The van der Waals surface area contributed by atoms with E-state index in [9.17, 15) is 4.79 Å². The highest BCUT2D eigenvalue weighted by molar-refractivity contribution is 5.87. The van der Waals surface area contributed by atoms with Gasteiger partial charge >= 0.3 is 5.97 Å². The van der Waals surface area contributed by atoms with E-state index in [0.717, 1.165) is 16.5 Å². The predicted molar refractivity (Wildman–Crippen MR) is 91.8 cm³/mol. The van der Waals surface area contributed by atoms with Gasteiger partial charge in [0, 0.05) is 22.6 Å². The molecule has 0 aliphatic heterocycles. The van der Waals surface area contributed by atoms with E-state index in [-0.39, 0.29) is 12.4 Å². The Morgan fingerprint density at radius 1 is 1.08 bits per heavy atom. The first-order valence-corrected chi connectivity index (χ1v) is 7.84. The normalized spacial score (nSPS) is 10.8. The van der Waals surface area contributed by atoms with Gasteiger partial charge in [-0.2, -0.15) is 0 Å². The maximum Gasteiger partial charge on any atom is 0.315 e. The van der Waals surface area contributed by atoms with Gasteiger partial charge in [0.15, 0.2) is 0 Å². The van der Waals surface area contributed by atoms with Crippen LogP contribution in [0.1, 0.15) is 5.56 Å². The number of hydrogen-bond donors (Lipinski definition) is 0. The topological polar surface area (TPSA) is 87.6 Å². The SMILES string of the molecule is COc1ccc2c(CC(=O)Oc3ccc(-c4nnco4)cc3)coc2c1. The highest BCUT2D eigenvalue weighted by atomic mass is 16.5. The Bertz CT molecular complexity index is 1040. The summed E-state index contributed by atoms with van der Waals surface area (Å²) in [5, 5.41) is 8.31. The number of benzene rings is 2. The van der Waals surface area contributed by atoms with Gasteiger partial charge in [-0.25, -0.2) is 0 Å². The highest BCUT2D eigenvalue weighted by Gasteiger charge is 2.13. The van der Waals surface area contributed by atoms with E-state index >= 15 is 0 Å². The van der Waals surface area contributed by atoms with Gasteiger partial charge in [-0.15, -0.1) is 10.2 Å². The van der Waals surface area contributed by atoms with E-state index in [2.05, 4.69) is 10.2 Å². The molecule has 2 heterocycles. The molecule has 0 spiro atoms. The number of furan rings is 1. The van der Waals surface area contributed by atoms with Crippen LogP contribution in [0.3, 0.4) is 0 Å². The Balaban J connectivity index is 1.45. The average Bonchev–Trinajstić information content (AvgIpc) is 3.32. The van der Waals surface area contributed by atoms with Crippen molar-refractivity contribution in [2.24, 2.45) is 0 Å². The van der Waals surface area contributed by atoms with Crippen LogP contribution in [-0.2, 0) is 11.2 Å². The summed E-state index contributed by atoms with van der Waals surface area (Å²) in [5.41, 5.74) is 2.17. The zero-order chi connectivity index (χ0) is 17.9. The standard InChI is InChI=1S/C19H14N2O5/c1-23-15-6-7-16-13(10-24-17(16)9-15)8-18(22)26-14-4-2-12(3-5-14)19-21-20-11-25-19/h2-7,9-11H,8H2,1H3. The van der Waals surface area contributed by atoms with E-state index < -0.39 is 0 Å². The van der Waals surface area contributed by atoms with Crippen molar-refractivity contribution in [1.29, 1.82) is 0 Å². The van der Waals surface area contributed by atoms with Crippen LogP contribution < -0.4 is 9.47 Å². The van der Waals surface area contributed by atoms with Gasteiger partial charge in [0.25, 0.3) is 0 Å². The molecule has 2 aromatic carbocycles. The first kappa shape index (κ1) is 15.9. The third kappa shape index (κ3) is 3.14. The van der Waals surface area contributed by atoms with E-state index in [1.807, 2.05) is 12.1 Å².